The average Bonchev–Trinajstić information content (AvgIpc) is 2.86. The number of amides is 1. The van der Waals surface area contributed by atoms with Crippen LogP contribution in [0.1, 0.15) is 41.5 Å². The zero-order valence-electron chi connectivity index (χ0n) is 19.5. The zero-order chi connectivity index (χ0) is 25.8. The molecule has 0 saturated heterocycles. The van der Waals surface area contributed by atoms with Crippen LogP contribution in [0, 0.1) is 10.1 Å². The maximum atomic E-state index is 13.5. The quantitative estimate of drug-likeness (QED) is 0.238. The first kappa shape index (κ1) is 24.3. The molecule has 0 bridgehead atoms. The van der Waals surface area contributed by atoms with Crippen LogP contribution in [-0.2, 0) is 0 Å². The molecule has 0 fully saturated rings. The maximum Gasteiger partial charge on any atom is 0.278 e. The second kappa shape index (κ2) is 10.2. The molecule has 1 amide bonds. The van der Waals surface area contributed by atoms with Crippen LogP contribution in [0.3, 0.4) is 0 Å². The van der Waals surface area contributed by atoms with Gasteiger partial charge in [0.1, 0.15) is 0 Å². The van der Waals surface area contributed by atoms with Crippen molar-refractivity contribution in [3.8, 4) is 23.0 Å². The Kier molecular flexibility index (Phi) is 6.91. The molecule has 0 radical (unpaired) electrons. The van der Waals surface area contributed by atoms with Gasteiger partial charge in [-0.25, -0.2) is 5.01 Å². The van der Waals surface area contributed by atoms with E-state index >= 15 is 0 Å². The van der Waals surface area contributed by atoms with E-state index in [0.29, 0.717) is 24.3 Å². The average molecular weight is 492 g/mol. The van der Waals surface area contributed by atoms with E-state index in [1.807, 2.05) is 0 Å². The summed E-state index contributed by atoms with van der Waals surface area (Å²) in [6, 6.07) is 13.2. The van der Waals surface area contributed by atoms with Gasteiger partial charge in [0.25, 0.3) is 11.6 Å². The van der Waals surface area contributed by atoms with Crippen LogP contribution in [0.15, 0.2) is 59.7 Å². The number of rotatable bonds is 8. The number of nitrogens with zero attached hydrogens (tertiary/aromatic N) is 3. The fourth-order valence-corrected chi connectivity index (χ4v) is 3.73. The third kappa shape index (κ3) is 4.85. The van der Waals surface area contributed by atoms with Crippen molar-refractivity contribution < 1.29 is 29.4 Å². The van der Waals surface area contributed by atoms with Gasteiger partial charge in [-0.2, -0.15) is 5.10 Å². The summed E-state index contributed by atoms with van der Waals surface area (Å²) >= 11 is 0. The maximum absolute atomic E-state index is 13.5. The van der Waals surface area contributed by atoms with E-state index in [4.69, 9.17) is 9.47 Å². The number of nitrogens with one attached hydrogen (secondary N) is 1. The number of nitro benzene ring substituents is 1. The Balaban J connectivity index is 1.77. The summed E-state index contributed by atoms with van der Waals surface area (Å²) < 4.78 is 10.9. The van der Waals surface area contributed by atoms with E-state index in [1.165, 1.54) is 41.6 Å². The van der Waals surface area contributed by atoms with Crippen molar-refractivity contribution in [2.45, 2.75) is 20.0 Å². The molecule has 3 aromatic carbocycles. The Morgan fingerprint density at radius 2 is 1.69 bits per heavy atom. The molecule has 3 aromatic rings. The summed E-state index contributed by atoms with van der Waals surface area (Å²) in [6.07, 6.45) is 0.570. The molecule has 0 unspecified atom stereocenters. The number of ether oxygens (including phenoxy) is 2. The largest absolute Gasteiger partial charge is 0.504 e. The van der Waals surface area contributed by atoms with Gasteiger partial charge in [-0.1, -0.05) is 6.07 Å². The summed E-state index contributed by atoms with van der Waals surface area (Å²) in [5.41, 5.74) is 1.41. The van der Waals surface area contributed by atoms with Crippen molar-refractivity contribution in [3.05, 3.63) is 81.4 Å². The van der Waals surface area contributed by atoms with E-state index in [2.05, 4.69) is 10.4 Å². The normalized spacial score (nSPS) is 14.9. The van der Waals surface area contributed by atoms with Crippen LogP contribution in [0.25, 0.3) is 0 Å². The molecule has 0 aliphatic carbocycles. The Hall–Kier alpha value is -4.80. The summed E-state index contributed by atoms with van der Waals surface area (Å²) in [4.78, 5) is 24.2. The number of hydrogen-bond acceptors (Lipinski definition) is 9. The van der Waals surface area contributed by atoms with Gasteiger partial charge >= 0.3 is 0 Å². The van der Waals surface area contributed by atoms with Gasteiger partial charge in [-0.15, -0.1) is 0 Å². The molecule has 11 heteroatoms. The van der Waals surface area contributed by atoms with E-state index in [1.54, 1.807) is 38.1 Å². The smallest absolute Gasteiger partial charge is 0.278 e. The molecule has 1 aliphatic rings. The van der Waals surface area contributed by atoms with Crippen LogP contribution in [-0.4, -0.2) is 45.5 Å². The molecule has 1 atom stereocenters. The van der Waals surface area contributed by atoms with E-state index in [9.17, 15) is 25.1 Å². The monoisotopic (exact) mass is 492 g/mol. The Morgan fingerprint density at radius 1 is 1.03 bits per heavy atom. The number of hydrogen-bond donors (Lipinski definition) is 3. The zero-order valence-corrected chi connectivity index (χ0v) is 19.5. The molecular formula is C25H24N4O7. The van der Waals surface area contributed by atoms with Gasteiger partial charge in [0, 0.05) is 17.7 Å². The van der Waals surface area contributed by atoms with Crippen molar-refractivity contribution in [2.24, 2.45) is 5.10 Å². The van der Waals surface area contributed by atoms with E-state index in [0.717, 1.165) is 0 Å². The molecule has 0 saturated carbocycles. The molecule has 36 heavy (non-hydrogen) atoms. The minimum absolute atomic E-state index is 0.0225. The van der Waals surface area contributed by atoms with Crippen molar-refractivity contribution >= 4 is 23.5 Å². The summed E-state index contributed by atoms with van der Waals surface area (Å²) in [7, 11) is 0. The molecule has 4 rings (SSSR count). The van der Waals surface area contributed by atoms with E-state index in [-0.39, 0.29) is 39.9 Å². The van der Waals surface area contributed by atoms with Gasteiger partial charge < -0.3 is 25.0 Å². The highest BCUT2D eigenvalue weighted by molar-refractivity contribution is 6.02. The summed E-state index contributed by atoms with van der Waals surface area (Å²) in [5, 5.41) is 40.1. The lowest BCUT2D eigenvalue weighted by Crippen LogP contribution is -2.39. The molecule has 1 heterocycles. The van der Waals surface area contributed by atoms with Crippen molar-refractivity contribution in [1.29, 1.82) is 0 Å². The highest BCUT2D eigenvalue weighted by Crippen LogP contribution is 2.38. The first-order valence-corrected chi connectivity index (χ1v) is 11.2. The summed E-state index contributed by atoms with van der Waals surface area (Å²) in [5.74, 6) is -0.0849. The number of carbonyl (C=O) groups excluding carboxylic acids is 1. The van der Waals surface area contributed by atoms with Gasteiger partial charge in [-0.05, 0) is 55.8 Å². The van der Waals surface area contributed by atoms with Crippen LogP contribution < -0.4 is 14.8 Å². The third-order valence-corrected chi connectivity index (χ3v) is 5.40. The lowest BCUT2D eigenvalue weighted by atomic mass is 10.0. The third-order valence-electron chi connectivity index (χ3n) is 5.40. The number of hydrazone groups is 1. The SMILES string of the molecule is CCOc1cc(C=NN2C(=O)c3ccc([N+](=O)[O-])cc3N[C@@H]2c2ccc(O)c(OCC)c2)ccc1O. The highest BCUT2D eigenvalue weighted by Gasteiger charge is 2.34. The first-order chi connectivity index (χ1) is 17.3. The lowest BCUT2D eigenvalue weighted by molar-refractivity contribution is -0.384. The fraction of sp³-hybridized carbons (Fsp3) is 0.200. The number of anilines is 1. The molecule has 0 spiro atoms. The molecule has 186 valence electrons. The minimum atomic E-state index is -0.869. The Morgan fingerprint density at radius 3 is 2.36 bits per heavy atom. The Labute approximate surface area is 206 Å². The molecule has 0 aromatic heterocycles. The van der Waals surface area contributed by atoms with Crippen LogP contribution in [0.2, 0.25) is 0 Å². The van der Waals surface area contributed by atoms with Gasteiger partial charge in [0.05, 0.1) is 35.6 Å². The molecular weight excluding hydrogens is 468 g/mol. The second-order valence-electron chi connectivity index (χ2n) is 7.75. The van der Waals surface area contributed by atoms with Gasteiger partial charge in [0.2, 0.25) is 0 Å². The predicted octanol–water partition coefficient (Wildman–Crippen LogP) is 4.40. The van der Waals surface area contributed by atoms with Crippen molar-refractivity contribution in [2.75, 3.05) is 18.5 Å². The first-order valence-electron chi connectivity index (χ1n) is 11.2. The van der Waals surface area contributed by atoms with Crippen molar-refractivity contribution in [3.63, 3.8) is 0 Å². The topological polar surface area (TPSA) is 147 Å². The predicted molar refractivity (Wildman–Crippen MR) is 132 cm³/mol. The van der Waals surface area contributed by atoms with Crippen molar-refractivity contribution in [1.82, 2.24) is 5.01 Å². The van der Waals surface area contributed by atoms with Crippen LogP contribution >= 0.6 is 0 Å². The number of fused-ring (bicyclic) bond motifs is 1. The number of nitro groups is 1. The molecule has 3 N–H and O–H groups in total. The van der Waals surface area contributed by atoms with Crippen LogP contribution in [0.4, 0.5) is 11.4 Å². The number of benzene rings is 3. The number of phenols is 2. The molecule has 11 nitrogen and oxygen atoms in total. The Bertz CT molecular complexity index is 1340. The second-order valence-corrected chi connectivity index (χ2v) is 7.75. The highest BCUT2D eigenvalue weighted by atomic mass is 16.6. The standard InChI is InChI=1S/C25H24N4O7/c1-3-35-22-11-15(5-9-20(22)30)14-26-28-24(16-6-10-21(31)23(12-16)36-4-2)27-19-13-17(29(33)34)7-8-18(19)25(28)32/h5-14,24,27,30-31H,3-4H2,1-2H3/t24-/m0/s1. The summed E-state index contributed by atoms with van der Waals surface area (Å²) in [6.45, 7) is 4.23. The van der Waals surface area contributed by atoms with Gasteiger partial charge in [-0.3, -0.25) is 14.9 Å². The number of carbonyl (C=O) groups is 1. The number of phenolic OH excluding ortho intramolecular Hbond substituents is 2. The molecule has 1 aliphatic heterocycles. The van der Waals surface area contributed by atoms with E-state index < -0.39 is 17.0 Å². The lowest BCUT2D eigenvalue weighted by Gasteiger charge is -2.34. The minimum Gasteiger partial charge on any atom is -0.504 e. The van der Waals surface area contributed by atoms with Gasteiger partial charge in [0.15, 0.2) is 29.2 Å². The fourth-order valence-electron chi connectivity index (χ4n) is 3.73. The number of non-ortho nitro benzene ring substituents is 1. The van der Waals surface area contributed by atoms with Crippen LogP contribution in [0.5, 0.6) is 23.0 Å². The number of aromatic hydroxyl groups is 2.